The van der Waals surface area contributed by atoms with Gasteiger partial charge in [0.1, 0.15) is 16.3 Å². The molecule has 0 radical (unpaired) electrons. The molecule has 4 aromatic rings. The molecule has 102 valence electrons. The van der Waals surface area contributed by atoms with Crippen molar-refractivity contribution in [2.45, 2.75) is 0 Å². The van der Waals surface area contributed by atoms with Crippen LogP contribution in [0.5, 0.6) is 5.75 Å². The molecule has 2 aromatic carbocycles. The topological polar surface area (TPSA) is 66.0 Å². The van der Waals surface area contributed by atoms with E-state index in [2.05, 4.69) is 9.97 Å². The Labute approximate surface area is 123 Å². The second-order valence-corrected chi connectivity index (χ2v) is 5.74. The van der Waals surface area contributed by atoms with Crippen molar-refractivity contribution >= 4 is 32.5 Å². The number of para-hydroxylation sites is 2. The molecule has 0 aliphatic heterocycles. The maximum absolute atomic E-state index is 12.3. The van der Waals surface area contributed by atoms with Crippen LogP contribution in [0.1, 0.15) is 0 Å². The molecule has 0 aliphatic carbocycles. The van der Waals surface area contributed by atoms with E-state index >= 15 is 0 Å². The SMILES string of the molecule is O=c1[nH]c2ccccc2c(O)c1-c1nc2ccccc2s1. The zero-order valence-electron chi connectivity index (χ0n) is 10.8. The second-order valence-electron chi connectivity index (χ2n) is 4.71. The normalized spacial score (nSPS) is 11.2. The number of thiazole rings is 1. The zero-order valence-corrected chi connectivity index (χ0v) is 11.6. The lowest BCUT2D eigenvalue weighted by Gasteiger charge is -2.04. The fourth-order valence-corrected chi connectivity index (χ4v) is 3.41. The lowest BCUT2D eigenvalue weighted by Crippen LogP contribution is -2.09. The first-order chi connectivity index (χ1) is 10.2. The van der Waals surface area contributed by atoms with Crippen molar-refractivity contribution < 1.29 is 5.11 Å². The molecule has 0 aliphatic rings. The van der Waals surface area contributed by atoms with E-state index in [1.54, 1.807) is 12.1 Å². The van der Waals surface area contributed by atoms with Gasteiger partial charge >= 0.3 is 0 Å². The predicted octanol–water partition coefficient (Wildman–Crippen LogP) is 3.51. The molecular weight excluding hydrogens is 284 g/mol. The Bertz CT molecular complexity index is 1000. The highest BCUT2D eigenvalue weighted by Crippen LogP contribution is 2.35. The van der Waals surface area contributed by atoms with E-state index in [1.165, 1.54) is 11.3 Å². The van der Waals surface area contributed by atoms with E-state index in [0.717, 1.165) is 10.2 Å². The van der Waals surface area contributed by atoms with Crippen LogP contribution in [-0.4, -0.2) is 15.1 Å². The minimum atomic E-state index is -0.328. The lowest BCUT2D eigenvalue weighted by molar-refractivity contribution is 0.482. The van der Waals surface area contributed by atoms with Crippen molar-refractivity contribution in [3.63, 3.8) is 0 Å². The van der Waals surface area contributed by atoms with Gasteiger partial charge in [-0.25, -0.2) is 4.98 Å². The highest BCUT2D eigenvalue weighted by molar-refractivity contribution is 7.21. The number of hydrogen-bond acceptors (Lipinski definition) is 4. The number of hydrogen-bond donors (Lipinski definition) is 2. The third kappa shape index (κ3) is 1.82. The van der Waals surface area contributed by atoms with Crippen LogP contribution in [0.25, 0.3) is 31.7 Å². The summed E-state index contributed by atoms with van der Waals surface area (Å²) < 4.78 is 0.986. The number of benzene rings is 2. The fourth-order valence-electron chi connectivity index (χ4n) is 2.40. The van der Waals surface area contributed by atoms with Crippen LogP contribution in [-0.2, 0) is 0 Å². The van der Waals surface area contributed by atoms with Gasteiger partial charge in [-0.1, -0.05) is 24.3 Å². The molecular formula is C16H10N2O2S. The summed E-state index contributed by atoms with van der Waals surface area (Å²) in [5.41, 5.74) is 1.34. The third-order valence-electron chi connectivity index (χ3n) is 3.40. The standard InChI is InChI=1S/C16H10N2O2S/c19-14-9-5-1-2-6-10(9)17-15(20)13(14)16-18-11-7-3-4-8-12(11)21-16/h1-8H,(H2,17,19,20). The Hall–Kier alpha value is -2.66. The van der Waals surface area contributed by atoms with Gasteiger partial charge in [0.2, 0.25) is 0 Å². The quantitative estimate of drug-likeness (QED) is 0.564. The predicted molar refractivity (Wildman–Crippen MR) is 84.8 cm³/mol. The maximum atomic E-state index is 12.3. The van der Waals surface area contributed by atoms with Crippen molar-refractivity contribution in [1.29, 1.82) is 0 Å². The summed E-state index contributed by atoms with van der Waals surface area (Å²) in [5.74, 6) is -0.0200. The first-order valence-electron chi connectivity index (χ1n) is 6.44. The van der Waals surface area contributed by atoms with Gasteiger partial charge in [0.25, 0.3) is 5.56 Å². The van der Waals surface area contributed by atoms with E-state index in [9.17, 15) is 9.90 Å². The van der Waals surface area contributed by atoms with E-state index in [1.807, 2.05) is 36.4 Å². The van der Waals surface area contributed by atoms with Crippen LogP contribution in [0.2, 0.25) is 0 Å². The molecule has 21 heavy (non-hydrogen) atoms. The summed E-state index contributed by atoms with van der Waals surface area (Å²) in [6.07, 6.45) is 0. The van der Waals surface area contributed by atoms with E-state index in [4.69, 9.17) is 0 Å². The molecule has 4 rings (SSSR count). The number of aromatic amines is 1. The molecule has 2 heterocycles. The monoisotopic (exact) mass is 294 g/mol. The van der Waals surface area contributed by atoms with Gasteiger partial charge in [-0.05, 0) is 24.3 Å². The second kappa shape index (κ2) is 4.43. The molecule has 0 fully saturated rings. The maximum Gasteiger partial charge on any atom is 0.262 e. The fraction of sp³-hybridized carbons (Fsp3) is 0. The van der Waals surface area contributed by atoms with Crippen molar-refractivity contribution in [2.24, 2.45) is 0 Å². The first kappa shape index (κ1) is 12.1. The average Bonchev–Trinajstić information content (AvgIpc) is 2.90. The van der Waals surface area contributed by atoms with Gasteiger partial charge in [-0.15, -0.1) is 11.3 Å². The van der Waals surface area contributed by atoms with Gasteiger partial charge in [-0.3, -0.25) is 4.79 Å². The number of fused-ring (bicyclic) bond motifs is 2. The number of nitrogens with one attached hydrogen (secondary N) is 1. The molecule has 0 bridgehead atoms. The van der Waals surface area contributed by atoms with Gasteiger partial charge < -0.3 is 10.1 Å². The Morgan fingerprint density at radius 3 is 2.67 bits per heavy atom. The highest BCUT2D eigenvalue weighted by Gasteiger charge is 2.17. The van der Waals surface area contributed by atoms with Crippen molar-refractivity contribution in [2.75, 3.05) is 0 Å². The van der Waals surface area contributed by atoms with Crippen LogP contribution in [0.4, 0.5) is 0 Å². The number of rotatable bonds is 1. The largest absolute Gasteiger partial charge is 0.506 e. The van der Waals surface area contributed by atoms with Crippen molar-refractivity contribution in [1.82, 2.24) is 9.97 Å². The smallest absolute Gasteiger partial charge is 0.262 e. The molecule has 4 nitrogen and oxygen atoms in total. The number of nitrogens with zero attached hydrogens (tertiary/aromatic N) is 1. The van der Waals surface area contributed by atoms with Crippen LogP contribution in [0.3, 0.4) is 0 Å². The summed E-state index contributed by atoms with van der Waals surface area (Å²) >= 11 is 1.40. The summed E-state index contributed by atoms with van der Waals surface area (Å²) in [6.45, 7) is 0. The molecule has 2 N–H and O–H groups in total. The summed E-state index contributed by atoms with van der Waals surface area (Å²) in [6, 6.07) is 14.8. The highest BCUT2D eigenvalue weighted by atomic mass is 32.1. The Morgan fingerprint density at radius 1 is 1.05 bits per heavy atom. The van der Waals surface area contributed by atoms with Crippen LogP contribution in [0, 0.1) is 0 Å². The average molecular weight is 294 g/mol. The molecule has 0 atom stereocenters. The van der Waals surface area contributed by atoms with Crippen LogP contribution >= 0.6 is 11.3 Å². The molecule has 0 amide bonds. The van der Waals surface area contributed by atoms with Crippen LogP contribution in [0.15, 0.2) is 53.3 Å². The van der Waals surface area contributed by atoms with E-state index in [-0.39, 0.29) is 16.9 Å². The zero-order chi connectivity index (χ0) is 14.4. The Balaban J connectivity index is 2.08. The molecule has 0 unspecified atom stereocenters. The van der Waals surface area contributed by atoms with Gasteiger partial charge in [0.05, 0.1) is 15.7 Å². The number of pyridine rings is 1. The summed E-state index contributed by atoms with van der Waals surface area (Å²) in [4.78, 5) is 19.5. The summed E-state index contributed by atoms with van der Waals surface area (Å²) in [5, 5.41) is 11.6. The Morgan fingerprint density at radius 2 is 1.81 bits per heavy atom. The minimum Gasteiger partial charge on any atom is -0.506 e. The van der Waals surface area contributed by atoms with Crippen molar-refractivity contribution in [3.05, 3.63) is 58.9 Å². The van der Waals surface area contributed by atoms with Crippen LogP contribution < -0.4 is 5.56 Å². The number of H-pyrrole nitrogens is 1. The third-order valence-corrected chi connectivity index (χ3v) is 4.46. The molecule has 5 heteroatoms. The van der Waals surface area contributed by atoms with Gasteiger partial charge in [0.15, 0.2) is 0 Å². The minimum absolute atomic E-state index is 0.0200. The number of aromatic nitrogens is 2. The van der Waals surface area contributed by atoms with Crippen molar-refractivity contribution in [3.8, 4) is 16.3 Å². The van der Waals surface area contributed by atoms with Gasteiger partial charge in [-0.2, -0.15) is 0 Å². The molecule has 0 saturated carbocycles. The Kier molecular flexibility index (Phi) is 2.55. The summed E-state index contributed by atoms with van der Waals surface area (Å²) in [7, 11) is 0. The molecule has 0 spiro atoms. The first-order valence-corrected chi connectivity index (χ1v) is 7.25. The van der Waals surface area contributed by atoms with Gasteiger partial charge in [0, 0.05) is 5.39 Å². The van der Waals surface area contributed by atoms with E-state index < -0.39 is 0 Å². The molecule has 2 aromatic heterocycles. The van der Waals surface area contributed by atoms with E-state index in [0.29, 0.717) is 15.9 Å². The molecule has 0 saturated heterocycles. The number of aromatic hydroxyl groups is 1. The lowest BCUT2D eigenvalue weighted by atomic mass is 10.1.